The predicted octanol–water partition coefficient (Wildman–Crippen LogP) is 5.05. The lowest BCUT2D eigenvalue weighted by molar-refractivity contribution is -0.0504. The van der Waals surface area contributed by atoms with Gasteiger partial charge in [0.1, 0.15) is 11.3 Å². The molecule has 2 N–H and O–H groups in total. The lowest BCUT2D eigenvalue weighted by Crippen LogP contribution is -2.13. The summed E-state index contributed by atoms with van der Waals surface area (Å²) in [5, 5.41) is 13.8. The second kappa shape index (κ2) is 9.94. The Morgan fingerprint density at radius 2 is 1.97 bits per heavy atom. The molecule has 0 saturated carbocycles. The lowest BCUT2D eigenvalue weighted by Gasteiger charge is -2.13. The van der Waals surface area contributed by atoms with Crippen molar-refractivity contribution < 1.29 is 18.3 Å². The summed E-state index contributed by atoms with van der Waals surface area (Å²) in [7, 11) is 0. The van der Waals surface area contributed by atoms with E-state index in [9.17, 15) is 13.6 Å². The fraction of sp³-hybridized carbons (Fsp3) is 0.0833. The number of nitrogens with zero attached hydrogens (tertiary/aromatic N) is 4. The quantitative estimate of drug-likeness (QED) is 0.315. The third-order valence-electron chi connectivity index (χ3n) is 5.08. The van der Waals surface area contributed by atoms with Crippen molar-refractivity contribution in [3.05, 3.63) is 96.2 Å². The van der Waals surface area contributed by atoms with E-state index < -0.39 is 12.5 Å². The third-order valence-corrected chi connectivity index (χ3v) is 6.08. The predicted molar refractivity (Wildman–Crippen MR) is 126 cm³/mol. The number of carbonyl (C=O) groups excluding carboxylic acids is 1. The highest BCUT2D eigenvalue weighted by molar-refractivity contribution is 7.99. The first kappa shape index (κ1) is 22.5. The molecule has 0 aliphatic heterocycles. The number of hydrogen-bond acceptors (Lipinski definition) is 6. The molecule has 3 heterocycles. The molecule has 176 valence electrons. The molecule has 35 heavy (non-hydrogen) atoms. The van der Waals surface area contributed by atoms with Gasteiger partial charge in [-0.25, -0.2) is 9.50 Å². The first-order chi connectivity index (χ1) is 17.1. The van der Waals surface area contributed by atoms with E-state index in [1.165, 1.54) is 34.7 Å². The van der Waals surface area contributed by atoms with Gasteiger partial charge in [0.2, 0.25) is 0 Å². The molecule has 1 amide bonds. The van der Waals surface area contributed by atoms with E-state index in [4.69, 9.17) is 4.74 Å². The van der Waals surface area contributed by atoms with Gasteiger partial charge in [0.25, 0.3) is 5.91 Å². The molecule has 0 spiro atoms. The van der Waals surface area contributed by atoms with Crippen LogP contribution in [0.25, 0.3) is 5.65 Å². The molecule has 2 aromatic carbocycles. The van der Waals surface area contributed by atoms with Crippen LogP contribution < -0.4 is 10.1 Å². The average molecular weight is 493 g/mol. The van der Waals surface area contributed by atoms with Gasteiger partial charge in [0.05, 0.1) is 23.8 Å². The van der Waals surface area contributed by atoms with E-state index in [1.807, 2.05) is 30.3 Å². The molecule has 0 fully saturated rings. The Labute approximate surface area is 202 Å². The van der Waals surface area contributed by atoms with Crippen LogP contribution in [0.5, 0.6) is 5.75 Å². The molecule has 8 nitrogen and oxygen atoms in total. The largest absolute Gasteiger partial charge is 0.435 e. The number of carbonyl (C=O) groups is 1. The van der Waals surface area contributed by atoms with Crippen LogP contribution in [-0.2, 0) is 6.42 Å². The molecule has 0 aliphatic carbocycles. The van der Waals surface area contributed by atoms with E-state index in [0.717, 1.165) is 9.79 Å². The van der Waals surface area contributed by atoms with Crippen LogP contribution in [0.2, 0.25) is 0 Å². The minimum atomic E-state index is -2.97. The van der Waals surface area contributed by atoms with Gasteiger partial charge in [-0.15, -0.1) is 0 Å². The summed E-state index contributed by atoms with van der Waals surface area (Å²) in [6, 6.07) is 16.5. The third kappa shape index (κ3) is 5.14. The van der Waals surface area contributed by atoms with E-state index in [-0.39, 0.29) is 12.2 Å². The molecular weight excluding hydrogens is 474 g/mol. The van der Waals surface area contributed by atoms with Crippen molar-refractivity contribution in [3.63, 3.8) is 0 Å². The number of aromatic amines is 1. The number of fused-ring (bicyclic) bond motifs is 1. The van der Waals surface area contributed by atoms with Gasteiger partial charge in [-0.1, -0.05) is 30.0 Å². The highest BCUT2D eigenvalue weighted by atomic mass is 32.2. The maximum Gasteiger partial charge on any atom is 0.387 e. The Bertz CT molecular complexity index is 1470. The number of benzene rings is 2. The van der Waals surface area contributed by atoms with Crippen molar-refractivity contribution in [1.29, 1.82) is 0 Å². The number of halogens is 2. The van der Waals surface area contributed by atoms with Crippen LogP contribution in [0.4, 0.5) is 14.5 Å². The van der Waals surface area contributed by atoms with Gasteiger partial charge >= 0.3 is 6.61 Å². The Morgan fingerprint density at radius 1 is 1.11 bits per heavy atom. The summed E-state index contributed by atoms with van der Waals surface area (Å²) in [6.45, 7) is -2.97. The van der Waals surface area contributed by atoms with Gasteiger partial charge in [-0.2, -0.15) is 19.0 Å². The summed E-state index contributed by atoms with van der Waals surface area (Å²) in [5.74, 6) is -0.366. The number of H-pyrrole nitrogens is 1. The minimum Gasteiger partial charge on any atom is -0.435 e. The number of hydrogen-bond donors (Lipinski definition) is 2. The second-order valence-corrected chi connectivity index (χ2v) is 8.55. The second-order valence-electron chi connectivity index (χ2n) is 7.40. The van der Waals surface area contributed by atoms with Gasteiger partial charge in [0, 0.05) is 34.2 Å². The Balaban J connectivity index is 1.40. The normalized spacial score (nSPS) is 11.2. The van der Waals surface area contributed by atoms with Crippen molar-refractivity contribution in [2.45, 2.75) is 22.8 Å². The van der Waals surface area contributed by atoms with Gasteiger partial charge in [0.15, 0.2) is 5.65 Å². The first-order valence-corrected chi connectivity index (χ1v) is 11.3. The van der Waals surface area contributed by atoms with Gasteiger partial charge in [-0.3, -0.25) is 9.89 Å². The van der Waals surface area contributed by atoms with Crippen molar-refractivity contribution >= 4 is 29.0 Å². The maximum atomic E-state index is 13.0. The van der Waals surface area contributed by atoms with Crippen molar-refractivity contribution in [1.82, 2.24) is 24.8 Å². The molecule has 0 unspecified atom stereocenters. The minimum absolute atomic E-state index is 0.0520. The zero-order valence-electron chi connectivity index (χ0n) is 18.1. The molecule has 11 heteroatoms. The fourth-order valence-electron chi connectivity index (χ4n) is 3.52. The molecule has 0 bridgehead atoms. The van der Waals surface area contributed by atoms with Crippen LogP contribution in [0, 0.1) is 0 Å². The molecular formula is C24H18F2N6O2S. The van der Waals surface area contributed by atoms with E-state index in [0.29, 0.717) is 28.2 Å². The zero-order chi connectivity index (χ0) is 24.2. The Kier molecular flexibility index (Phi) is 6.40. The van der Waals surface area contributed by atoms with Crippen LogP contribution >= 0.6 is 11.8 Å². The molecule has 5 aromatic rings. The Hall–Kier alpha value is -4.25. The standard InChI is InChI=1S/C24H18F2N6O2S/c25-24(26)34-21-8-7-17(35-16-5-2-1-3-6-16)11-15(21)12-19-20(14-28-31-19)30-23(33)18-13-29-32-10-4-9-27-22(18)32/h1-11,13-14,24H,12H2,(H,28,31)(H,30,33). The number of ether oxygens (including phenoxy) is 1. The number of rotatable bonds is 8. The number of anilines is 1. The van der Waals surface area contributed by atoms with Crippen LogP contribution in [0.15, 0.2) is 89.2 Å². The summed E-state index contributed by atoms with van der Waals surface area (Å²) in [5.41, 5.74) is 2.16. The topological polar surface area (TPSA) is 97.2 Å². The monoisotopic (exact) mass is 492 g/mol. The zero-order valence-corrected chi connectivity index (χ0v) is 18.9. The van der Waals surface area contributed by atoms with Gasteiger partial charge in [-0.05, 0) is 36.4 Å². The van der Waals surface area contributed by atoms with Crippen LogP contribution in [0.3, 0.4) is 0 Å². The average Bonchev–Trinajstić information content (AvgIpc) is 3.48. The molecule has 0 atom stereocenters. The molecule has 3 aromatic heterocycles. The molecule has 0 radical (unpaired) electrons. The molecule has 5 rings (SSSR count). The summed E-state index contributed by atoms with van der Waals surface area (Å²) in [6.07, 6.45) is 6.32. The maximum absolute atomic E-state index is 13.0. The van der Waals surface area contributed by atoms with E-state index in [2.05, 4.69) is 25.6 Å². The number of amides is 1. The fourth-order valence-corrected chi connectivity index (χ4v) is 4.42. The summed E-state index contributed by atoms with van der Waals surface area (Å²) in [4.78, 5) is 18.9. The highest BCUT2D eigenvalue weighted by Crippen LogP contribution is 2.33. The van der Waals surface area contributed by atoms with Gasteiger partial charge < -0.3 is 10.1 Å². The number of alkyl halides is 2. The Morgan fingerprint density at radius 3 is 2.80 bits per heavy atom. The number of nitrogens with one attached hydrogen (secondary N) is 2. The molecule has 0 saturated heterocycles. The first-order valence-electron chi connectivity index (χ1n) is 10.5. The van der Waals surface area contributed by atoms with Crippen molar-refractivity contribution in [2.24, 2.45) is 0 Å². The van der Waals surface area contributed by atoms with Crippen LogP contribution in [-0.4, -0.2) is 37.3 Å². The highest BCUT2D eigenvalue weighted by Gasteiger charge is 2.18. The van der Waals surface area contributed by atoms with E-state index in [1.54, 1.807) is 30.6 Å². The number of aromatic nitrogens is 5. The smallest absolute Gasteiger partial charge is 0.387 e. The van der Waals surface area contributed by atoms with Crippen LogP contribution in [0.1, 0.15) is 21.6 Å². The van der Waals surface area contributed by atoms with Crippen molar-refractivity contribution in [3.8, 4) is 5.75 Å². The summed E-state index contributed by atoms with van der Waals surface area (Å²) < 4.78 is 32.3. The SMILES string of the molecule is O=C(Nc1cn[nH]c1Cc1cc(Sc2ccccc2)ccc1OC(F)F)c1cnn2cccnc12. The lowest BCUT2D eigenvalue weighted by atomic mass is 10.1. The van der Waals surface area contributed by atoms with Crippen molar-refractivity contribution in [2.75, 3.05) is 5.32 Å². The van der Waals surface area contributed by atoms with E-state index >= 15 is 0 Å². The molecule has 0 aliphatic rings. The summed E-state index contributed by atoms with van der Waals surface area (Å²) >= 11 is 1.50.